The van der Waals surface area contributed by atoms with Crippen LogP contribution >= 0.6 is 0 Å². The Bertz CT molecular complexity index is 390. The van der Waals surface area contributed by atoms with Gasteiger partial charge in [0.2, 0.25) is 6.17 Å². The van der Waals surface area contributed by atoms with Gasteiger partial charge < -0.3 is 5.32 Å². The second-order valence-corrected chi connectivity index (χ2v) is 3.22. The molecule has 0 saturated heterocycles. The van der Waals surface area contributed by atoms with Crippen LogP contribution in [-0.4, -0.2) is 18.4 Å². The molecule has 1 heterocycles. The molecule has 1 aliphatic rings. The number of para-hydroxylation sites is 1. The molecule has 0 saturated carbocycles. The van der Waals surface area contributed by atoms with Crippen molar-refractivity contribution >= 4 is 11.5 Å². The van der Waals surface area contributed by atoms with E-state index in [9.17, 15) is 13.2 Å². The first-order valence-electron chi connectivity index (χ1n) is 4.51. The van der Waals surface area contributed by atoms with Gasteiger partial charge in [0, 0.05) is 6.54 Å². The summed E-state index contributed by atoms with van der Waals surface area (Å²) in [6.45, 7) is 0.335. The van der Waals surface area contributed by atoms with E-state index >= 15 is 0 Å². The summed E-state index contributed by atoms with van der Waals surface area (Å²) in [5, 5.41) is 2.55. The number of benzene rings is 1. The van der Waals surface area contributed by atoms with Crippen LogP contribution in [0.5, 0.6) is 0 Å². The normalized spacial score (nSPS) is 16.7. The minimum absolute atomic E-state index is 0.288. The molecule has 1 N–H and O–H groups in total. The topological polar surface area (TPSA) is 24.4 Å². The fourth-order valence-corrected chi connectivity index (χ4v) is 1.40. The molecule has 1 aromatic carbocycles. The number of halogens is 3. The molecule has 2 nitrogen and oxygen atoms in total. The number of amidine groups is 1. The van der Waals surface area contributed by atoms with Crippen LogP contribution in [0.4, 0.5) is 18.9 Å². The molecule has 0 aromatic heterocycles. The maximum absolute atomic E-state index is 13.0. The van der Waals surface area contributed by atoms with E-state index < -0.39 is 12.6 Å². The van der Waals surface area contributed by atoms with Crippen molar-refractivity contribution in [1.82, 2.24) is 5.32 Å². The van der Waals surface area contributed by atoms with E-state index in [0.29, 0.717) is 12.2 Å². The predicted octanol–water partition coefficient (Wildman–Crippen LogP) is 2.42. The van der Waals surface area contributed by atoms with Crippen LogP contribution < -0.4 is 5.32 Å². The van der Waals surface area contributed by atoms with E-state index in [4.69, 9.17) is 0 Å². The van der Waals surface area contributed by atoms with Crippen molar-refractivity contribution in [2.45, 2.75) is 19.1 Å². The van der Waals surface area contributed by atoms with Crippen molar-refractivity contribution in [2.75, 3.05) is 0 Å². The summed E-state index contributed by atoms with van der Waals surface area (Å²) in [4.78, 5) is 3.82. The Hall–Kier alpha value is -1.52. The SMILES string of the molecule is FC(F)C(F)C1=Nc2ccccc2CN1. The van der Waals surface area contributed by atoms with E-state index in [1.165, 1.54) is 0 Å². The van der Waals surface area contributed by atoms with E-state index in [1.807, 2.05) is 12.1 Å². The minimum atomic E-state index is -3.04. The summed E-state index contributed by atoms with van der Waals surface area (Å²) in [5.74, 6) is -0.288. The largest absolute Gasteiger partial charge is 0.367 e. The van der Waals surface area contributed by atoms with Gasteiger partial charge in [-0.15, -0.1) is 0 Å². The van der Waals surface area contributed by atoms with Gasteiger partial charge in [0.25, 0.3) is 6.43 Å². The summed E-state index contributed by atoms with van der Waals surface area (Å²) >= 11 is 0. The molecule has 1 aliphatic heterocycles. The quantitative estimate of drug-likeness (QED) is 0.803. The molecule has 0 bridgehead atoms. The Labute approximate surface area is 84.8 Å². The van der Waals surface area contributed by atoms with Gasteiger partial charge in [0.1, 0.15) is 5.84 Å². The standard InChI is InChI=1S/C10H9F3N2/c11-8(9(12)13)10-14-5-6-3-1-2-4-7(6)15-10/h1-4,8-9H,5H2,(H,14,15). The van der Waals surface area contributed by atoms with Crippen LogP contribution in [0.1, 0.15) is 5.56 Å². The number of aliphatic imine (C=N–C) groups is 1. The Balaban J connectivity index is 2.29. The third-order valence-electron chi connectivity index (χ3n) is 2.17. The smallest absolute Gasteiger partial charge is 0.276 e. The fraction of sp³-hybridized carbons (Fsp3) is 0.300. The molecule has 0 radical (unpaired) electrons. The van der Waals surface area contributed by atoms with Crippen LogP contribution in [0, 0.1) is 0 Å². The van der Waals surface area contributed by atoms with Crippen molar-refractivity contribution in [2.24, 2.45) is 4.99 Å². The van der Waals surface area contributed by atoms with E-state index in [1.54, 1.807) is 12.1 Å². The van der Waals surface area contributed by atoms with Crippen molar-refractivity contribution < 1.29 is 13.2 Å². The summed E-state index contributed by atoms with van der Waals surface area (Å²) in [6, 6.07) is 7.05. The second kappa shape index (κ2) is 3.92. The third kappa shape index (κ3) is 1.95. The van der Waals surface area contributed by atoms with Gasteiger partial charge in [-0.1, -0.05) is 18.2 Å². The molecule has 1 unspecified atom stereocenters. The third-order valence-corrected chi connectivity index (χ3v) is 2.17. The zero-order valence-corrected chi connectivity index (χ0v) is 7.75. The van der Waals surface area contributed by atoms with Gasteiger partial charge in [0.15, 0.2) is 0 Å². The van der Waals surface area contributed by atoms with E-state index in [2.05, 4.69) is 10.3 Å². The highest BCUT2D eigenvalue weighted by Gasteiger charge is 2.27. The molecule has 1 atom stereocenters. The highest BCUT2D eigenvalue weighted by molar-refractivity contribution is 5.90. The molecule has 80 valence electrons. The monoisotopic (exact) mass is 214 g/mol. The lowest BCUT2D eigenvalue weighted by Gasteiger charge is -2.19. The van der Waals surface area contributed by atoms with Gasteiger partial charge in [-0.05, 0) is 11.6 Å². The lowest BCUT2D eigenvalue weighted by molar-refractivity contribution is 0.0826. The molecular weight excluding hydrogens is 205 g/mol. The molecular formula is C10H9F3N2. The van der Waals surface area contributed by atoms with Gasteiger partial charge in [-0.3, -0.25) is 0 Å². The Morgan fingerprint density at radius 1 is 1.20 bits per heavy atom. The van der Waals surface area contributed by atoms with Gasteiger partial charge in [-0.2, -0.15) is 0 Å². The molecule has 2 rings (SSSR count). The molecule has 0 aliphatic carbocycles. The summed E-state index contributed by atoms with van der Waals surface area (Å²) in [7, 11) is 0. The van der Waals surface area contributed by atoms with Gasteiger partial charge >= 0.3 is 0 Å². The number of nitrogens with one attached hydrogen (secondary N) is 1. The van der Waals surface area contributed by atoms with Crippen LogP contribution in [-0.2, 0) is 6.54 Å². The maximum Gasteiger partial charge on any atom is 0.276 e. The number of rotatable bonds is 2. The number of alkyl halides is 3. The van der Waals surface area contributed by atoms with Crippen molar-refractivity contribution in [1.29, 1.82) is 0 Å². The number of hydrogen-bond acceptors (Lipinski definition) is 2. The summed E-state index contributed by atoms with van der Waals surface area (Å²) in [6.07, 6.45) is -5.38. The van der Waals surface area contributed by atoms with Crippen molar-refractivity contribution in [3.8, 4) is 0 Å². The van der Waals surface area contributed by atoms with E-state index in [-0.39, 0.29) is 5.84 Å². The number of fused-ring (bicyclic) bond motifs is 1. The predicted molar refractivity (Wildman–Crippen MR) is 51.3 cm³/mol. The molecule has 0 amide bonds. The average Bonchev–Trinajstić information content (AvgIpc) is 2.27. The first kappa shape index (κ1) is 10.0. The average molecular weight is 214 g/mol. The first-order chi connectivity index (χ1) is 7.18. The van der Waals surface area contributed by atoms with Crippen LogP contribution in [0.3, 0.4) is 0 Å². The lowest BCUT2D eigenvalue weighted by atomic mass is 10.1. The Morgan fingerprint density at radius 2 is 1.93 bits per heavy atom. The fourth-order valence-electron chi connectivity index (χ4n) is 1.40. The van der Waals surface area contributed by atoms with Crippen molar-refractivity contribution in [3.05, 3.63) is 29.8 Å². The lowest BCUT2D eigenvalue weighted by Crippen LogP contribution is -2.37. The van der Waals surface area contributed by atoms with Crippen LogP contribution in [0.25, 0.3) is 0 Å². The molecule has 5 heteroatoms. The van der Waals surface area contributed by atoms with Crippen LogP contribution in [0.15, 0.2) is 29.3 Å². The highest BCUT2D eigenvalue weighted by Crippen LogP contribution is 2.23. The van der Waals surface area contributed by atoms with E-state index in [0.717, 1.165) is 5.56 Å². The molecule has 0 spiro atoms. The minimum Gasteiger partial charge on any atom is -0.367 e. The summed E-state index contributed by atoms with van der Waals surface area (Å²) in [5.41, 5.74) is 1.43. The first-order valence-corrected chi connectivity index (χ1v) is 4.51. The maximum atomic E-state index is 13.0. The Kier molecular flexibility index (Phi) is 2.62. The number of nitrogens with zero attached hydrogens (tertiary/aromatic N) is 1. The Morgan fingerprint density at radius 3 is 2.67 bits per heavy atom. The molecule has 15 heavy (non-hydrogen) atoms. The number of hydrogen-bond donors (Lipinski definition) is 1. The summed E-state index contributed by atoms with van der Waals surface area (Å²) < 4.78 is 37.1. The highest BCUT2D eigenvalue weighted by atomic mass is 19.3. The van der Waals surface area contributed by atoms with Gasteiger partial charge in [0.05, 0.1) is 5.69 Å². The van der Waals surface area contributed by atoms with Crippen molar-refractivity contribution in [3.63, 3.8) is 0 Å². The second-order valence-electron chi connectivity index (χ2n) is 3.22. The van der Waals surface area contributed by atoms with Gasteiger partial charge in [-0.25, -0.2) is 18.2 Å². The van der Waals surface area contributed by atoms with Crippen LogP contribution in [0.2, 0.25) is 0 Å². The zero-order chi connectivity index (χ0) is 10.8. The molecule has 0 fully saturated rings. The molecule has 1 aromatic rings. The zero-order valence-electron chi connectivity index (χ0n) is 7.75.